The maximum atomic E-state index is 11.4. The van der Waals surface area contributed by atoms with Crippen LogP contribution in [0.5, 0.6) is 0 Å². The molecule has 2 N–H and O–H groups in total. The Kier molecular flexibility index (Phi) is 3.40. The van der Waals surface area contributed by atoms with Crippen LogP contribution in [0.2, 0.25) is 5.02 Å². The average molecular weight is 269 g/mol. The standard InChI is InChI=1S/C11H9ClN2O2S/c12-7-1-3-8(4-2-7)14(11(13)16)9-5-10(15)17-6-9/h1-5H,6H2,(H2,13,16). The third kappa shape index (κ3) is 2.62. The number of carbonyl (C=O) groups is 2. The van der Waals surface area contributed by atoms with E-state index in [4.69, 9.17) is 17.3 Å². The summed E-state index contributed by atoms with van der Waals surface area (Å²) in [6, 6.07) is 6.08. The van der Waals surface area contributed by atoms with Gasteiger partial charge in [-0.25, -0.2) is 4.79 Å². The van der Waals surface area contributed by atoms with E-state index in [0.717, 1.165) is 11.8 Å². The van der Waals surface area contributed by atoms with Gasteiger partial charge in [0.05, 0.1) is 5.69 Å². The predicted molar refractivity (Wildman–Crippen MR) is 69.1 cm³/mol. The fraction of sp³-hybridized carbons (Fsp3) is 0.0909. The molecule has 2 amide bonds. The highest BCUT2D eigenvalue weighted by molar-refractivity contribution is 8.14. The fourth-order valence-electron chi connectivity index (χ4n) is 1.52. The summed E-state index contributed by atoms with van der Waals surface area (Å²) < 4.78 is 0. The van der Waals surface area contributed by atoms with E-state index in [1.807, 2.05) is 0 Å². The van der Waals surface area contributed by atoms with Crippen molar-refractivity contribution in [2.75, 3.05) is 10.7 Å². The van der Waals surface area contributed by atoms with Crippen LogP contribution in [0.25, 0.3) is 0 Å². The molecular formula is C11H9ClN2O2S. The molecule has 0 radical (unpaired) electrons. The van der Waals surface area contributed by atoms with E-state index in [1.165, 1.54) is 11.0 Å². The van der Waals surface area contributed by atoms with E-state index in [2.05, 4.69) is 0 Å². The van der Waals surface area contributed by atoms with Gasteiger partial charge in [-0.3, -0.25) is 9.69 Å². The summed E-state index contributed by atoms with van der Waals surface area (Å²) in [4.78, 5) is 23.9. The monoisotopic (exact) mass is 268 g/mol. The molecule has 0 unspecified atom stereocenters. The number of hydrogen-bond acceptors (Lipinski definition) is 3. The van der Waals surface area contributed by atoms with Crippen molar-refractivity contribution in [3.05, 3.63) is 41.1 Å². The first-order chi connectivity index (χ1) is 8.08. The van der Waals surface area contributed by atoms with Gasteiger partial charge < -0.3 is 5.73 Å². The Hall–Kier alpha value is -1.46. The molecule has 1 aliphatic rings. The second kappa shape index (κ2) is 4.81. The third-order valence-electron chi connectivity index (χ3n) is 2.24. The van der Waals surface area contributed by atoms with E-state index in [1.54, 1.807) is 24.3 Å². The summed E-state index contributed by atoms with van der Waals surface area (Å²) in [5, 5.41) is 0.504. The first-order valence-corrected chi connectivity index (χ1v) is 6.17. The zero-order valence-corrected chi connectivity index (χ0v) is 10.3. The van der Waals surface area contributed by atoms with Gasteiger partial charge in [0, 0.05) is 22.5 Å². The Labute approximate surface area is 107 Å². The summed E-state index contributed by atoms with van der Waals surface area (Å²) in [6.45, 7) is 0. The molecule has 1 heterocycles. The van der Waals surface area contributed by atoms with Crippen LogP contribution >= 0.6 is 23.4 Å². The fourth-order valence-corrected chi connectivity index (χ4v) is 2.37. The molecule has 1 aromatic carbocycles. The van der Waals surface area contributed by atoms with Crippen molar-refractivity contribution in [2.45, 2.75) is 0 Å². The highest BCUT2D eigenvalue weighted by Crippen LogP contribution is 2.27. The maximum absolute atomic E-state index is 11.4. The zero-order chi connectivity index (χ0) is 12.4. The van der Waals surface area contributed by atoms with Crippen molar-refractivity contribution < 1.29 is 9.59 Å². The normalized spacial score (nSPS) is 14.6. The molecule has 0 fully saturated rings. The molecule has 88 valence electrons. The SMILES string of the molecule is NC(=O)N(C1=CC(=O)SC1)c1ccc(Cl)cc1. The number of rotatable bonds is 2. The molecule has 0 saturated heterocycles. The van der Waals surface area contributed by atoms with Crippen molar-refractivity contribution in [1.82, 2.24) is 0 Å². The van der Waals surface area contributed by atoms with Crippen LogP contribution in [-0.2, 0) is 4.79 Å². The molecule has 0 aliphatic carbocycles. The predicted octanol–water partition coefficient (Wildman–Crippen LogP) is 2.38. The summed E-state index contributed by atoms with van der Waals surface area (Å²) in [5.41, 5.74) is 6.52. The quantitative estimate of drug-likeness (QED) is 0.896. The Bertz CT molecular complexity index is 499. The highest BCUT2D eigenvalue weighted by atomic mass is 35.5. The summed E-state index contributed by atoms with van der Waals surface area (Å²) >= 11 is 6.91. The minimum Gasteiger partial charge on any atom is -0.351 e. The van der Waals surface area contributed by atoms with Crippen molar-refractivity contribution >= 4 is 40.2 Å². The molecule has 1 aliphatic heterocycles. The minimum atomic E-state index is -0.617. The molecule has 2 rings (SSSR count). The molecular weight excluding hydrogens is 260 g/mol. The van der Waals surface area contributed by atoms with Crippen LogP contribution < -0.4 is 10.6 Å². The van der Waals surface area contributed by atoms with Gasteiger partial charge in [-0.15, -0.1) is 0 Å². The van der Waals surface area contributed by atoms with E-state index < -0.39 is 6.03 Å². The van der Waals surface area contributed by atoms with Gasteiger partial charge in [-0.05, 0) is 24.3 Å². The van der Waals surface area contributed by atoms with Crippen LogP contribution in [0.15, 0.2) is 36.0 Å². The lowest BCUT2D eigenvalue weighted by atomic mass is 10.2. The topological polar surface area (TPSA) is 63.4 Å². The number of benzene rings is 1. The van der Waals surface area contributed by atoms with Crippen molar-refractivity contribution in [1.29, 1.82) is 0 Å². The molecule has 4 nitrogen and oxygen atoms in total. The number of nitrogens with two attached hydrogens (primary N) is 1. The number of primary amides is 1. The number of urea groups is 1. The summed E-state index contributed by atoms with van der Waals surface area (Å²) in [5.74, 6) is 0.449. The Morgan fingerprint density at radius 3 is 2.47 bits per heavy atom. The van der Waals surface area contributed by atoms with Gasteiger partial charge in [-0.2, -0.15) is 0 Å². The number of hydrogen-bond donors (Lipinski definition) is 1. The highest BCUT2D eigenvalue weighted by Gasteiger charge is 2.23. The number of halogens is 1. The Balaban J connectivity index is 2.36. The van der Waals surface area contributed by atoms with Gasteiger partial charge in [0.1, 0.15) is 0 Å². The Morgan fingerprint density at radius 2 is 2.00 bits per heavy atom. The summed E-state index contributed by atoms with van der Waals surface area (Å²) in [7, 11) is 0. The van der Waals surface area contributed by atoms with Crippen LogP contribution in [-0.4, -0.2) is 16.9 Å². The molecule has 1 aromatic rings. The minimum absolute atomic E-state index is 0.0692. The smallest absolute Gasteiger partial charge is 0.323 e. The van der Waals surface area contributed by atoms with E-state index in [-0.39, 0.29) is 5.12 Å². The number of thioether (sulfide) groups is 1. The van der Waals surface area contributed by atoms with Crippen molar-refractivity contribution in [3.63, 3.8) is 0 Å². The molecule has 0 atom stereocenters. The van der Waals surface area contributed by atoms with E-state index in [0.29, 0.717) is 22.2 Å². The second-order valence-electron chi connectivity index (χ2n) is 3.39. The Morgan fingerprint density at radius 1 is 1.35 bits per heavy atom. The zero-order valence-electron chi connectivity index (χ0n) is 8.72. The number of amides is 2. The third-order valence-corrected chi connectivity index (χ3v) is 3.33. The number of carbonyl (C=O) groups excluding carboxylic acids is 2. The molecule has 0 saturated carbocycles. The summed E-state index contributed by atoms with van der Waals surface area (Å²) in [6.07, 6.45) is 1.42. The van der Waals surface area contributed by atoms with Crippen LogP contribution in [0.4, 0.5) is 10.5 Å². The molecule has 0 aromatic heterocycles. The van der Waals surface area contributed by atoms with Gasteiger partial charge in [0.2, 0.25) is 5.12 Å². The van der Waals surface area contributed by atoms with Gasteiger partial charge >= 0.3 is 6.03 Å². The van der Waals surface area contributed by atoms with Gasteiger partial charge in [0.15, 0.2) is 0 Å². The molecule has 6 heteroatoms. The van der Waals surface area contributed by atoms with E-state index in [9.17, 15) is 9.59 Å². The largest absolute Gasteiger partial charge is 0.351 e. The molecule has 17 heavy (non-hydrogen) atoms. The first kappa shape index (κ1) is 12.0. The number of anilines is 1. The maximum Gasteiger partial charge on any atom is 0.323 e. The van der Waals surface area contributed by atoms with Gasteiger partial charge in [0.25, 0.3) is 0 Å². The van der Waals surface area contributed by atoms with Crippen LogP contribution in [0.1, 0.15) is 0 Å². The van der Waals surface area contributed by atoms with Crippen LogP contribution in [0.3, 0.4) is 0 Å². The average Bonchev–Trinajstić information content (AvgIpc) is 2.68. The lowest BCUT2D eigenvalue weighted by Crippen LogP contribution is -2.35. The number of nitrogens with zero attached hydrogens (tertiary/aromatic N) is 1. The molecule has 0 spiro atoms. The first-order valence-electron chi connectivity index (χ1n) is 4.80. The van der Waals surface area contributed by atoms with Crippen molar-refractivity contribution in [3.8, 4) is 0 Å². The lowest BCUT2D eigenvalue weighted by molar-refractivity contribution is -0.106. The van der Waals surface area contributed by atoms with Gasteiger partial charge in [-0.1, -0.05) is 23.4 Å². The van der Waals surface area contributed by atoms with Crippen LogP contribution in [0, 0.1) is 0 Å². The molecule has 0 bridgehead atoms. The van der Waals surface area contributed by atoms with Crippen molar-refractivity contribution in [2.24, 2.45) is 5.73 Å². The second-order valence-corrected chi connectivity index (χ2v) is 4.81. The van der Waals surface area contributed by atoms with E-state index >= 15 is 0 Å². The lowest BCUT2D eigenvalue weighted by Gasteiger charge is -2.21.